The molecule has 1 aromatic rings. The van der Waals surface area contributed by atoms with Gasteiger partial charge in [0.2, 0.25) is 10.0 Å². The molecule has 0 unspecified atom stereocenters. The average molecular weight is 282 g/mol. The van der Waals surface area contributed by atoms with Gasteiger partial charge >= 0.3 is 0 Å². The monoisotopic (exact) mass is 282 g/mol. The Kier molecular flexibility index (Phi) is 3.99. The highest BCUT2D eigenvalue weighted by molar-refractivity contribution is 7.89. The van der Waals surface area contributed by atoms with Crippen LogP contribution in [-0.2, 0) is 16.6 Å². The van der Waals surface area contributed by atoms with Crippen LogP contribution in [0.25, 0.3) is 0 Å². The average Bonchev–Trinajstić information content (AvgIpc) is 2.37. The van der Waals surface area contributed by atoms with Crippen LogP contribution < -0.4 is 5.73 Å². The molecule has 106 valence electrons. The molecule has 0 atom stereocenters. The Hall–Kier alpha value is -0.910. The van der Waals surface area contributed by atoms with E-state index in [9.17, 15) is 8.42 Å². The number of nitrogens with zero attached hydrogens (tertiary/aromatic N) is 1. The lowest BCUT2D eigenvalue weighted by Crippen LogP contribution is -2.43. The fourth-order valence-corrected chi connectivity index (χ4v) is 4.19. The number of sulfonamides is 1. The molecule has 1 fully saturated rings. The molecule has 4 nitrogen and oxygen atoms in total. The Morgan fingerprint density at radius 1 is 1.26 bits per heavy atom. The first-order chi connectivity index (χ1) is 8.85. The van der Waals surface area contributed by atoms with E-state index in [0.29, 0.717) is 24.5 Å². The van der Waals surface area contributed by atoms with E-state index < -0.39 is 10.0 Å². The Morgan fingerprint density at radius 3 is 2.42 bits per heavy atom. The molecule has 0 aliphatic carbocycles. The summed E-state index contributed by atoms with van der Waals surface area (Å²) < 4.78 is 26.7. The minimum absolute atomic E-state index is 0.0581. The maximum atomic E-state index is 12.6. The van der Waals surface area contributed by atoms with Crippen LogP contribution in [0.3, 0.4) is 0 Å². The SMILES string of the molecule is CC1(C)CCCN(S(=O)(=O)c2ccc(CN)cc2)C1. The van der Waals surface area contributed by atoms with Crippen LogP contribution in [0.15, 0.2) is 29.2 Å². The second-order valence-corrected chi connectivity index (χ2v) is 7.89. The van der Waals surface area contributed by atoms with Gasteiger partial charge in [0.15, 0.2) is 0 Å². The molecule has 1 aromatic carbocycles. The van der Waals surface area contributed by atoms with E-state index >= 15 is 0 Å². The fraction of sp³-hybridized carbons (Fsp3) is 0.571. The van der Waals surface area contributed by atoms with Crippen molar-refractivity contribution < 1.29 is 8.42 Å². The number of hydrogen-bond acceptors (Lipinski definition) is 3. The molecular formula is C14H22N2O2S. The Morgan fingerprint density at radius 2 is 1.89 bits per heavy atom. The molecule has 0 spiro atoms. The van der Waals surface area contributed by atoms with E-state index in [1.807, 2.05) is 0 Å². The van der Waals surface area contributed by atoms with Crippen molar-refractivity contribution in [2.24, 2.45) is 11.1 Å². The van der Waals surface area contributed by atoms with Crippen molar-refractivity contribution in [2.75, 3.05) is 13.1 Å². The lowest BCUT2D eigenvalue weighted by atomic mass is 9.85. The molecule has 19 heavy (non-hydrogen) atoms. The summed E-state index contributed by atoms with van der Waals surface area (Å²) in [4.78, 5) is 0.363. The Balaban J connectivity index is 2.26. The van der Waals surface area contributed by atoms with Gasteiger partial charge in [-0.2, -0.15) is 4.31 Å². The second-order valence-electron chi connectivity index (χ2n) is 5.95. The predicted molar refractivity (Wildman–Crippen MR) is 76.1 cm³/mol. The molecule has 0 saturated carbocycles. The van der Waals surface area contributed by atoms with E-state index in [2.05, 4.69) is 13.8 Å². The molecule has 0 radical (unpaired) electrons. The van der Waals surface area contributed by atoms with Gasteiger partial charge in [0.05, 0.1) is 4.90 Å². The van der Waals surface area contributed by atoms with E-state index in [4.69, 9.17) is 5.73 Å². The van der Waals surface area contributed by atoms with Gasteiger partial charge in [0.1, 0.15) is 0 Å². The summed E-state index contributed by atoms with van der Waals surface area (Å²) in [6.45, 7) is 5.87. The smallest absolute Gasteiger partial charge is 0.243 e. The fourth-order valence-electron chi connectivity index (χ4n) is 2.52. The van der Waals surface area contributed by atoms with E-state index in [0.717, 1.165) is 18.4 Å². The third-order valence-corrected chi connectivity index (χ3v) is 5.52. The number of rotatable bonds is 3. The molecule has 0 amide bonds. The number of hydrogen-bond donors (Lipinski definition) is 1. The number of piperidine rings is 1. The van der Waals surface area contributed by atoms with Crippen LogP contribution in [0, 0.1) is 5.41 Å². The zero-order chi connectivity index (χ0) is 14.1. The normalized spacial score (nSPS) is 20.4. The van der Waals surface area contributed by atoms with E-state index in [-0.39, 0.29) is 5.41 Å². The highest BCUT2D eigenvalue weighted by Gasteiger charge is 2.33. The van der Waals surface area contributed by atoms with Gasteiger partial charge < -0.3 is 5.73 Å². The van der Waals surface area contributed by atoms with Crippen LogP contribution in [0.4, 0.5) is 0 Å². The van der Waals surface area contributed by atoms with Crippen LogP contribution in [0.2, 0.25) is 0 Å². The van der Waals surface area contributed by atoms with Crippen LogP contribution in [0.1, 0.15) is 32.3 Å². The molecular weight excluding hydrogens is 260 g/mol. The third-order valence-electron chi connectivity index (χ3n) is 3.66. The summed E-state index contributed by atoms with van der Waals surface area (Å²) in [6, 6.07) is 6.86. The van der Waals surface area contributed by atoms with Crippen molar-refractivity contribution in [3.8, 4) is 0 Å². The van der Waals surface area contributed by atoms with Crippen LogP contribution >= 0.6 is 0 Å². The van der Waals surface area contributed by atoms with Crippen molar-refractivity contribution in [1.29, 1.82) is 0 Å². The van der Waals surface area contributed by atoms with Gasteiger partial charge in [-0.05, 0) is 36.0 Å². The summed E-state index contributed by atoms with van der Waals surface area (Å²) >= 11 is 0. The topological polar surface area (TPSA) is 63.4 Å². The first-order valence-electron chi connectivity index (χ1n) is 6.64. The second kappa shape index (κ2) is 5.23. The zero-order valence-electron chi connectivity index (χ0n) is 11.6. The summed E-state index contributed by atoms with van der Waals surface area (Å²) in [7, 11) is -3.37. The third kappa shape index (κ3) is 3.16. The maximum Gasteiger partial charge on any atom is 0.243 e. The molecule has 1 aliphatic heterocycles. The highest BCUT2D eigenvalue weighted by atomic mass is 32.2. The van der Waals surface area contributed by atoms with Gasteiger partial charge in [-0.25, -0.2) is 8.42 Å². The molecule has 2 N–H and O–H groups in total. The summed E-state index contributed by atoms with van der Waals surface area (Å²) in [5, 5.41) is 0. The first-order valence-corrected chi connectivity index (χ1v) is 8.08. The molecule has 2 rings (SSSR count). The molecule has 5 heteroatoms. The maximum absolute atomic E-state index is 12.6. The minimum atomic E-state index is -3.37. The van der Waals surface area contributed by atoms with Crippen molar-refractivity contribution in [2.45, 2.75) is 38.1 Å². The lowest BCUT2D eigenvalue weighted by Gasteiger charge is -2.37. The Bertz CT molecular complexity index is 535. The van der Waals surface area contributed by atoms with Crippen molar-refractivity contribution in [1.82, 2.24) is 4.31 Å². The standard InChI is InChI=1S/C14H22N2O2S/c1-14(2)8-3-9-16(11-14)19(17,18)13-6-4-12(10-15)5-7-13/h4-7H,3,8-11,15H2,1-2H3. The zero-order valence-corrected chi connectivity index (χ0v) is 12.4. The van der Waals surface area contributed by atoms with Crippen molar-refractivity contribution in [3.05, 3.63) is 29.8 Å². The van der Waals surface area contributed by atoms with Crippen LogP contribution in [-0.4, -0.2) is 25.8 Å². The minimum Gasteiger partial charge on any atom is -0.326 e. The van der Waals surface area contributed by atoms with Gasteiger partial charge in [0, 0.05) is 19.6 Å². The van der Waals surface area contributed by atoms with Gasteiger partial charge in [0.25, 0.3) is 0 Å². The van der Waals surface area contributed by atoms with E-state index in [1.54, 1.807) is 28.6 Å². The van der Waals surface area contributed by atoms with E-state index in [1.165, 1.54) is 0 Å². The number of benzene rings is 1. The van der Waals surface area contributed by atoms with Crippen molar-refractivity contribution in [3.63, 3.8) is 0 Å². The molecule has 0 aromatic heterocycles. The summed E-state index contributed by atoms with van der Waals surface area (Å²) in [5.41, 5.74) is 6.53. The predicted octanol–water partition coefficient (Wildman–Crippen LogP) is 1.96. The van der Waals surface area contributed by atoms with Gasteiger partial charge in [-0.15, -0.1) is 0 Å². The molecule has 1 saturated heterocycles. The van der Waals surface area contributed by atoms with Gasteiger partial charge in [-0.1, -0.05) is 26.0 Å². The largest absolute Gasteiger partial charge is 0.326 e. The lowest BCUT2D eigenvalue weighted by molar-refractivity contribution is 0.187. The Labute approximate surface area is 115 Å². The first kappa shape index (κ1) is 14.5. The molecule has 0 bridgehead atoms. The summed E-state index contributed by atoms with van der Waals surface area (Å²) in [6.07, 6.45) is 2.00. The molecule has 1 heterocycles. The quantitative estimate of drug-likeness (QED) is 0.921. The van der Waals surface area contributed by atoms with Crippen molar-refractivity contribution >= 4 is 10.0 Å². The van der Waals surface area contributed by atoms with Crippen LogP contribution in [0.5, 0.6) is 0 Å². The highest BCUT2D eigenvalue weighted by Crippen LogP contribution is 2.31. The molecule has 1 aliphatic rings. The number of nitrogens with two attached hydrogens (primary N) is 1. The van der Waals surface area contributed by atoms with Gasteiger partial charge in [-0.3, -0.25) is 0 Å². The summed E-state index contributed by atoms with van der Waals surface area (Å²) in [5.74, 6) is 0.